The molecule has 0 saturated heterocycles. The van der Waals surface area contributed by atoms with Crippen molar-refractivity contribution in [2.75, 3.05) is 20.7 Å². The van der Waals surface area contributed by atoms with Gasteiger partial charge in [0, 0.05) is 23.7 Å². The molecule has 1 aromatic carbocycles. The van der Waals surface area contributed by atoms with E-state index in [9.17, 15) is 0 Å². The molecule has 1 unspecified atom stereocenters. The minimum atomic E-state index is 0.389. The predicted octanol–water partition coefficient (Wildman–Crippen LogP) is 2.24. The Morgan fingerprint density at radius 3 is 2.80 bits per heavy atom. The second kappa shape index (κ2) is 6.78. The maximum Gasteiger partial charge on any atom is 0.123 e. The molecule has 0 spiro atoms. The lowest BCUT2D eigenvalue weighted by molar-refractivity contribution is 0.223. The number of hydrogen-bond donors (Lipinski definition) is 1. The highest BCUT2D eigenvalue weighted by atomic mass is 16.5. The van der Waals surface area contributed by atoms with Gasteiger partial charge in [0.15, 0.2) is 0 Å². The van der Waals surface area contributed by atoms with Crippen LogP contribution in [0.1, 0.15) is 30.9 Å². The Balaban J connectivity index is 2.14. The van der Waals surface area contributed by atoms with Crippen molar-refractivity contribution in [1.82, 2.24) is 4.90 Å². The van der Waals surface area contributed by atoms with E-state index in [1.54, 1.807) is 7.11 Å². The van der Waals surface area contributed by atoms with Crippen molar-refractivity contribution >= 4 is 0 Å². The fraction of sp³-hybridized carbons (Fsp3) is 0.529. The molecule has 0 amide bonds. The summed E-state index contributed by atoms with van der Waals surface area (Å²) in [5.41, 5.74) is 7.61. The van der Waals surface area contributed by atoms with Crippen LogP contribution in [0.3, 0.4) is 0 Å². The van der Waals surface area contributed by atoms with Crippen molar-refractivity contribution in [2.24, 2.45) is 11.7 Å². The Bertz CT molecular complexity index is 511. The maximum absolute atomic E-state index is 5.46. The fourth-order valence-electron chi connectivity index (χ4n) is 2.48. The zero-order valence-electron chi connectivity index (χ0n) is 12.6. The van der Waals surface area contributed by atoms with Crippen molar-refractivity contribution < 1.29 is 4.74 Å². The topological polar surface area (TPSA) is 38.5 Å². The summed E-state index contributed by atoms with van der Waals surface area (Å²) < 4.78 is 5.46. The molecule has 0 radical (unpaired) electrons. The average molecular weight is 272 g/mol. The Labute approximate surface area is 122 Å². The summed E-state index contributed by atoms with van der Waals surface area (Å²) in [6.07, 6.45) is 2.73. The Morgan fingerprint density at radius 1 is 1.45 bits per heavy atom. The molecule has 108 valence electrons. The SMILES string of the molecule is COc1ccc(C#CCN)cc1CN(C)C(C)C1CC1. The summed E-state index contributed by atoms with van der Waals surface area (Å²) in [6.45, 7) is 3.58. The normalized spacial score (nSPS) is 15.7. The van der Waals surface area contributed by atoms with Gasteiger partial charge in [-0.3, -0.25) is 4.90 Å². The zero-order valence-corrected chi connectivity index (χ0v) is 12.6. The molecule has 3 nitrogen and oxygen atoms in total. The van der Waals surface area contributed by atoms with Crippen LogP contribution in [0.15, 0.2) is 18.2 Å². The first kappa shape index (κ1) is 14.9. The predicted molar refractivity (Wildman–Crippen MR) is 82.6 cm³/mol. The number of nitrogens with two attached hydrogens (primary N) is 1. The van der Waals surface area contributed by atoms with Crippen molar-refractivity contribution in [3.05, 3.63) is 29.3 Å². The van der Waals surface area contributed by atoms with E-state index < -0.39 is 0 Å². The van der Waals surface area contributed by atoms with Gasteiger partial charge in [0.1, 0.15) is 5.75 Å². The molecule has 1 aliphatic rings. The van der Waals surface area contributed by atoms with Gasteiger partial charge < -0.3 is 10.5 Å². The van der Waals surface area contributed by atoms with Crippen molar-refractivity contribution in [3.63, 3.8) is 0 Å². The van der Waals surface area contributed by atoms with Gasteiger partial charge in [-0.25, -0.2) is 0 Å². The van der Waals surface area contributed by atoms with Crippen LogP contribution < -0.4 is 10.5 Å². The highest BCUT2D eigenvalue weighted by molar-refractivity contribution is 5.44. The molecule has 2 N–H and O–H groups in total. The van der Waals surface area contributed by atoms with Crippen LogP contribution in [-0.2, 0) is 6.54 Å². The number of rotatable bonds is 5. The van der Waals surface area contributed by atoms with Gasteiger partial charge in [0.2, 0.25) is 0 Å². The molecule has 20 heavy (non-hydrogen) atoms. The molecule has 0 heterocycles. The van der Waals surface area contributed by atoms with Gasteiger partial charge in [-0.1, -0.05) is 11.8 Å². The van der Waals surface area contributed by atoms with E-state index in [4.69, 9.17) is 10.5 Å². The molecule has 0 aromatic heterocycles. The summed E-state index contributed by atoms with van der Waals surface area (Å²) in [7, 11) is 3.90. The van der Waals surface area contributed by atoms with Crippen LogP contribution in [-0.4, -0.2) is 31.6 Å². The van der Waals surface area contributed by atoms with Crippen LogP contribution in [0.5, 0.6) is 5.75 Å². The van der Waals surface area contributed by atoms with Gasteiger partial charge in [0.25, 0.3) is 0 Å². The van der Waals surface area contributed by atoms with Crippen molar-refractivity contribution in [3.8, 4) is 17.6 Å². The monoisotopic (exact) mass is 272 g/mol. The molecule has 2 rings (SSSR count). The highest BCUT2D eigenvalue weighted by Crippen LogP contribution is 2.35. The molecule has 0 aliphatic heterocycles. The molecule has 1 aliphatic carbocycles. The van der Waals surface area contributed by atoms with Crippen LogP contribution in [0.2, 0.25) is 0 Å². The molecule has 1 aromatic rings. The van der Waals surface area contributed by atoms with Crippen molar-refractivity contribution in [2.45, 2.75) is 32.4 Å². The molecule has 1 fully saturated rings. The minimum absolute atomic E-state index is 0.389. The average Bonchev–Trinajstić information content (AvgIpc) is 3.29. The van der Waals surface area contributed by atoms with E-state index >= 15 is 0 Å². The zero-order chi connectivity index (χ0) is 14.5. The summed E-state index contributed by atoms with van der Waals surface area (Å²) in [5.74, 6) is 7.78. The van der Waals surface area contributed by atoms with Crippen LogP contribution >= 0.6 is 0 Å². The fourth-order valence-corrected chi connectivity index (χ4v) is 2.48. The highest BCUT2D eigenvalue weighted by Gasteiger charge is 2.30. The third-order valence-electron chi connectivity index (χ3n) is 4.03. The van der Waals surface area contributed by atoms with E-state index in [2.05, 4.69) is 36.8 Å². The van der Waals surface area contributed by atoms with Gasteiger partial charge in [0.05, 0.1) is 13.7 Å². The number of nitrogens with zero attached hydrogens (tertiary/aromatic N) is 1. The lowest BCUT2D eigenvalue weighted by Crippen LogP contribution is -2.30. The number of methoxy groups -OCH3 is 1. The summed E-state index contributed by atoms with van der Waals surface area (Å²) in [6, 6.07) is 6.71. The second-order valence-electron chi connectivity index (χ2n) is 5.53. The molecule has 3 heteroatoms. The lowest BCUT2D eigenvalue weighted by Gasteiger charge is -2.25. The first-order valence-corrected chi connectivity index (χ1v) is 7.21. The summed E-state index contributed by atoms with van der Waals surface area (Å²) >= 11 is 0. The first-order chi connectivity index (χ1) is 9.65. The lowest BCUT2D eigenvalue weighted by atomic mass is 10.1. The quantitative estimate of drug-likeness (QED) is 0.835. The Hall–Kier alpha value is -1.50. The van der Waals surface area contributed by atoms with Crippen molar-refractivity contribution in [1.29, 1.82) is 0 Å². The smallest absolute Gasteiger partial charge is 0.123 e. The third kappa shape index (κ3) is 3.75. The molecule has 1 saturated carbocycles. The number of hydrogen-bond acceptors (Lipinski definition) is 3. The van der Waals surface area contributed by atoms with Gasteiger partial charge >= 0.3 is 0 Å². The largest absolute Gasteiger partial charge is 0.496 e. The third-order valence-corrected chi connectivity index (χ3v) is 4.03. The standard InChI is InChI=1S/C17H24N2O/c1-13(15-7-8-15)19(2)12-16-11-14(5-4-10-18)6-9-17(16)20-3/h6,9,11,13,15H,7-8,10,12,18H2,1-3H3. The Kier molecular flexibility index (Phi) is 5.05. The molecule has 1 atom stereocenters. The van der Waals surface area contributed by atoms with E-state index in [-0.39, 0.29) is 0 Å². The second-order valence-corrected chi connectivity index (χ2v) is 5.53. The van der Waals surface area contributed by atoms with Crippen LogP contribution in [0.25, 0.3) is 0 Å². The van der Waals surface area contributed by atoms with E-state index in [0.717, 1.165) is 23.8 Å². The van der Waals surface area contributed by atoms with E-state index in [0.29, 0.717) is 12.6 Å². The van der Waals surface area contributed by atoms with E-state index in [1.165, 1.54) is 18.4 Å². The van der Waals surface area contributed by atoms with E-state index in [1.807, 2.05) is 12.1 Å². The molecular weight excluding hydrogens is 248 g/mol. The van der Waals surface area contributed by atoms with Gasteiger partial charge in [-0.05, 0) is 50.9 Å². The first-order valence-electron chi connectivity index (χ1n) is 7.21. The summed E-state index contributed by atoms with van der Waals surface area (Å²) in [4.78, 5) is 2.40. The van der Waals surface area contributed by atoms with Crippen LogP contribution in [0.4, 0.5) is 0 Å². The Morgan fingerprint density at radius 2 is 2.20 bits per heavy atom. The maximum atomic E-state index is 5.46. The molecular formula is C17H24N2O. The number of benzene rings is 1. The molecule has 0 bridgehead atoms. The van der Waals surface area contributed by atoms with Gasteiger partial charge in [-0.2, -0.15) is 0 Å². The minimum Gasteiger partial charge on any atom is -0.496 e. The number of ether oxygens (including phenoxy) is 1. The van der Waals surface area contributed by atoms with Gasteiger partial charge in [-0.15, -0.1) is 0 Å². The summed E-state index contributed by atoms with van der Waals surface area (Å²) in [5, 5.41) is 0. The van der Waals surface area contributed by atoms with Crippen LogP contribution in [0, 0.1) is 17.8 Å².